The minimum absolute atomic E-state index is 0.139. The molecule has 4 nitrogen and oxygen atoms in total. The summed E-state index contributed by atoms with van der Waals surface area (Å²) < 4.78 is 16.0. The molecule has 1 rings (SSSR count). The van der Waals surface area contributed by atoms with Crippen LogP contribution < -0.4 is 10.1 Å². The summed E-state index contributed by atoms with van der Waals surface area (Å²) in [5.41, 5.74) is 1.13. The molecule has 0 saturated carbocycles. The summed E-state index contributed by atoms with van der Waals surface area (Å²) in [4.78, 5) is 0. The number of ether oxygens (including phenoxy) is 3. The van der Waals surface area contributed by atoms with Crippen LogP contribution in [-0.4, -0.2) is 40.0 Å². The molecule has 0 aromatic heterocycles. The Bertz CT molecular complexity index is 344. The lowest BCUT2D eigenvalue weighted by Crippen LogP contribution is -2.30. The van der Waals surface area contributed by atoms with E-state index < -0.39 is 0 Å². The van der Waals surface area contributed by atoms with Gasteiger partial charge in [-0.25, -0.2) is 0 Å². The van der Waals surface area contributed by atoms with Gasteiger partial charge in [-0.2, -0.15) is 0 Å². The summed E-state index contributed by atoms with van der Waals surface area (Å²) in [6, 6.07) is 8.01. The first kappa shape index (κ1) is 16.0. The largest absolute Gasteiger partial charge is 0.489 e. The summed E-state index contributed by atoms with van der Waals surface area (Å²) in [6.45, 7) is 5.25. The molecule has 0 radical (unpaired) electrons. The van der Waals surface area contributed by atoms with Gasteiger partial charge in [0.05, 0.1) is 6.61 Å². The van der Waals surface area contributed by atoms with Gasteiger partial charge < -0.3 is 19.5 Å². The third-order valence-corrected chi connectivity index (χ3v) is 2.68. The predicted octanol–water partition coefficient (Wildman–Crippen LogP) is 2.23. The molecular formula is C15H25NO3. The van der Waals surface area contributed by atoms with Crippen molar-refractivity contribution >= 4 is 0 Å². The fraction of sp³-hybridized carbons (Fsp3) is 0.600. The molecule has 0 heterocycles. The quantitative estimate of drug-likeness (QED) is 0.660. The fourth-order valence-corrected chi connectivity index (χ4v) is 1.80. The van der Waals surface area contributed by atoms with Crippen LogP contribution in [0.15, 0.2) is 24.3 Å². The topological polar surface area (TPSA) is 39.7 Å². The van der Waals surface area contributed by atoms with Crippen molar-refractivity contribution in [3.05, 3.63) is 29.8 Å². The van der Waals surface area contributed by atoms with E-state index in [9.17, 15) is 0 Å². The highest BCUT2D eigenvalue weighted by molar-refractivity contribution is 5.28. The summed E-state index contributed by atoms with van der Waals surface area (Å²) in [7, 11) is 3.42. The van der Waals surface area contributed by atoms with Gasteiger partial charge in [-0.1, -0.05) is 12.1 Å². The molecule has 4 heteroatoms. The van der Waals surface area contributed by atoms with Crippen molar-refractivity contribution in [2.75, 3.05) is 33.9 Å². The Morgan fingerprint density at radius 2 is 2.05 bits per heavy atom. The Labute approximate surface area is 116 Å². The van der Waals surface area contributed by atoms with E-state index in [0.717, 1.165) is 37.4 Å². The first-order chi connectivity index (χ1) is 9.26. The van der Waals surface area contributed by atoms with Gasteiger partial charge in [0.2, 0.25) is 0 Å². The van der Waals surface area contributed by atoms with Gasteiger partial charge in [-0.3, -0.25) is 0 Å². The second-order valence-corrected chi connectivity index (χ2v) is 4.56. The molecule has 1 aromatic rings. The highest BCUT2D eigenvalue weighted by Gasteiger charge is 2.04. The van der Waals surface area contributed by atoms with E-state index in [0.29, 0.717) is 6.61 Å². The number of hydrogen-bond acceptors (Lipinski definition) is 4. The van der Waals surface area contributed by atoms with Crippen molar-refractivity contribution in [1.29, 1.82) is 0 Å². The zero-order chi connectivity index (χ0) is 13.9. The lowest BCUT2D eigenvalue weighted by Gasteiger charge is -2.16. The first-order valence-corrected chi connectivity index (χ1v) is 6.70. The Hall–Kier alpha value is -1.10. The summed E-state index contributed by atoms with van der Waals surface area (Å²) in [5.74, 6) is 0.890. The molecule has 1 N–H and O–H groups in total. The smallest absolute Gasteiger partial charge is 0.120 e. The van der Waals surface area contributed by atoms with E-state index >= 15 is 0 Å². The first-order valence-electron chi connectivity index (χ1n) is 6.70. The van der Waals surface area contributed by atoms with E-state index in [1.165, 1.54) is 0 Å². The third-order valence-electron chi connectivity index (χ3n) is 2.68. The normalized spacial score (nSPS) is 12.4. The fourth-order valence-electron chi connectivity index (χ4n) is 1.80. The van der Waals surface area contributed by atoms with Crippen LogP contribution >= 0.6 is 0 Å². The lowest BCUT2D eigenvalue weighted by atomic mass is 10.2. The van der Waals surface area contributed by atoms with Gasteiger partial charge in [0.1, 0.15) is 11.9 Å². The standard InChI is InChI=1S/C15H25NO3/c1-13(11-16-8-5-9-17-2)19-15-7-4-6-14(10-15)12-18-3/h4,6-7,10,13,16H,5,8-9,11-12H2,1-3H3. The van der Waals surface area contributed by atoms with Gasteiger partial charge in [0, 0.05) is 27.4 Å². The highest BCUT2D eigenvalue weighted by atomic mass is 16.5. The van der Waals surface area contributed by atoms with Gasteiger partial charge >= 0.3 is 0 Å². The van der Waals surface area contributed by atoms with Crippen molar-refractivity contribution in [2.24, 2.45) is 0 Å². The monoisotopic (exact) mass is 267 g/mol. The van der Waals surface area contributed by atoms with E-state index in [1.54, 1.807) is 14.2 Å². The van der Waals surface area contributed by atoms with Crippen molar-refractivity contribution in [2.45, 2.75) is 26.1 Å². The molecule has 1 unspecified atom stereocenters. The van der Waals surface area contributed by atoms with Crippen LogP contribution in [0.3, 0.4) is 0 Å². The van der Waals surface area contributed by atoms with Crippen molar-refractivity contribution in [3.63, 3.8) is 0 Å². The molecule has 0 aliphatic rings. The Morgan fingerprint density at radius 1 is 1.21 bits per heavy atom. The van der Waals surface area contributed by atoms with Crippen LogP contribution in [0.4, 0.5) is 0 Å². The molecule has 1 aromatic carbocycles. The van der Waals surface area contributed by atoms with Gasteiger partial charge in [0.25, 0.3) is 0 Å². The number of methoxy groups -OCH3 is 2. The number of hydrogen-bond donors (Lipinski definition) is 1. The van der Waals surface area contributed by atoms with E-state index in [-0.39, 0.29) is 6.10 Å². The number of benzene rings is 1. The molecule has 19 heavy (non-hydrogen) atoms. The Balaban J connectivity index is 2.27. The van der Waals surface area contributed by atoms with Crippen LogP contribution in [0.2, 0.25) is 0 Å². The molecule has 0 aliphatic carbocycles. The Morgan fingerprint density at radius 3 is 2.79 bits per heavy atom. The second-order valence-electron chi connectivity index (χ2n) is 4.56. The molecule has 0 saturated heterocycles. The number of nitrogens with one attached hydrogen (secondary N) is 1. The van der Waals surface area contributed by atoms with Crippen molar-refractivity contribution in [3.8, 4) is 5.75 Å². The minimum Gasteiger partial charge on any atom is -0.489 e. The Kier molecular flexibility index (Phi) is 8.21. The highest BCUT2D eigenvalue weighted by Crippen LogP contribution is 2.15. The van der Waals surface area contributed by atoms with Crippen LogP contribution in [-0.2, 0) is 16.1 Å². The average Bonchev–Trinajstić information content (AvgIpc) is 2.39. The predicted molar refractivity (Wildman–Crippen MR) is 76.6 cm³/mol. The van der Waals surface area contributed by atoms with E-state index in [4.69, 9.17) is 14.2 Å². The molecular weight excluding hydrogens is 242 g/mol. The van der Waals surface area contributed by atoms with E-state index in [1.807, 2.05) is 24.3 Å². The van der Waals surface area contributed by atoms with E-state index in [2.05, 4.69) is 12.2 Å². The van der Waals surface area contributed by atoms with Crippen LogP contribution in [0.25, 0.3) is 0 Å². The molecule has 1 atom stereocenters. The maximum Gasteiger partial charge on any atom is 0.120 e. The SMILES string of the molecule is COCCCNCC(C)Oc1cccc(COC)c1. The van der Waals surface area contributed by atoms with Crippen LogP contribution in [0, 0.1) is 0 Å². The van der Waals surface area contributed by atoms with Crippen LogP contribution in [0.5, 0.6) is 5.75 Å². The number of rotatable bonds is 10. The molecule has 0 bridgehead atoms. The maximum atomic E-state index is 5.86. The zero-order valence-electron chi connectivity index (χ0n) is 12.1. The third kappa shape index (κ3) is 7.15. The van der Waals surface area contributed by atoms with Crippen molar-refractivity contribution < 1.29 is 14.2 Å². The van der Waals surface area contributed by atoms with Crippen molar-refractivity contribution in [1.82, 2.24) is 5.32 Å². The minimum atomic E-state index is 0.139. The lowest BCUT2D eigenvalue weighted by molar-refractivity contribution is 0.182. The zero-order valence-corrected chi connectivity index (χ0v) is 12.1. The summed E-state index contributed by atoms with van der Waals surface area (Å²) >= 11 is 0. The average molecular weight is 267 g/mol. The van der Waals surface area contributed by atoms with Gasteiger partial charge in [-0.05, 0) is 37.6 Å². The van der Waals surface area contributed by atoms with Crippen LogP contribution in [0.1, 0.15) is 18.9 Å². The summed E-state index contributed by atoms with van der Waals surface area (Å²) in [6.07, 6.45) is 1.16. The molecule has 0 amide bonds. The molecule has 108 valence electrons. The second kappa shape index (κ2) is 9.78. The van der Waals surface area contributed by atoms with Gasteiger partial charge in [-0.15, -0.1) is 0 Å². The molecule has 0 aliphatic heterocycles. The maximum absolute atomic E-state index is 5.86. The van der Waals surface area contributed by atoms with Gasteiger partial charge in [0.15, 0.2) is 0 Å². The summed E-state index contributed by atoms with van der Waals surface area (Å²) in [5, 5.41) is 3.35. The molecule has 0 fully saturated rings. The molecule has 0 spiro atoms.